The first-order valence-corrected chi connectivity index (χ1v) is 6.22. The van der Waals surface area contributed by atoms with Crippen LogP contribution in [0.1, 0.15) is 31.0 Å². The molecule has 0 radical (unpaired) electrons. The van der Waals surface area contributed by atoms with Gasteiger partial charge in [0.15, 0.2) is 11.9 Å². The van der Waals surface area contributed by atoms with E-state index in [-0.39, 0.29) is 5.69 Å². The molecule has 0 saturated carbocycles. The van der Waals surface area contributed by atoms with Crippen molar-refractivity contribution in [1.29, 1.82) is 5.26 Å². The standard InChI is InChI=1S/C13H15N3O4/c1-2-3-4-9-8(5-14)15-7-16(9)13-12(19)11(18)10(6-17)20-13/h7,10-13,17-19H,2,6H2,1H3/t10-,11-,12-,13-/m1/s1. The number of aliphatic hydroxyl groups excluding tert-OH is 3. The lowest BCUT2D eigenvalue weighted by atomic mass is 10.1. The first-order valence-electron chi connectivity index (χ1n) is 6.22. The number of aliphatic hydroxyl groups is 3. The molecule has 1 fully saturated rings. The minimum Gasteiger partial charge on any atom is -0.394 e. The highest BCUT2D eigenvalue weighted by Gasteiger charge is 2.44. The fourth-order valence-electron chi connectivity index (χ4n) is 2.04. The van der Waals surface area contributed by atoms with Gasteiger partial charge in [-0.15, -0.1) is 0 Å². The SMILES string of the molecule is CCC#Cc1c(C#N)ncn1[C@@H]1O[C@H](CO)[C@@H](O)[C@H]1O. The zero-order valence-electron chi connectivity index (χ0n) is 10.9. The van der Waals surface area contributed by atoms with Crippen LogP contribution in [0.5, 0.6) is 0 Å². The lowest BCUT2D eigenvalue weighted by Crippen LogP contribution is -2.33. The molecule has 7 heteroatoms. The second kappa shape index (κ2) is 6.04. The Kier molecular flexibility index (Phi) is 4.38. The molecule has 106 valence electrons. The van der Waals surface area contributed by atoms with Crippen molar-refractivity contribution in [1.82, 2.24) is 9.55 Å². The van der Waals surface area contributed by atoms with Crippen molar-refractivity contribution in [2.24, 2.45) is 0 Å². The van der Waals surface area contributed by atoms with E-state index in [0.29, 0.717) is 12.1 Å². The number of imidazole rings is 1. The van der Waals surface area contributed by atoms with Crippen LogP contribution < -0.4 is 0 Å². The summed E-state index contributed by atoms with van der Waals surface area (Å²) in [5.41, 5.74) is 0.452. The van der Waals surface area contributed by atoms with Crippen LogP contribution in [0.25, 0.3) is 0 Å². The van der Waals surface area contributed by atoms with Gasteiger partial charge in [0, 0.05) is 6.42 Å². The van der Waals surface area contributed by atoms with Gasteiger partial charge >= 0.3 is 0 Å². The quantitative estimate of drug-likeness (QED) is 0.606. The molecule has 1 aromatic rings. The number of ether oxygens (including phenoxy) is 1. The molecule has 0 amide bonds. The molecule has 7 nitrogen and oxygen atoms in total. The van der Waals surface area contributed by atoms with Crippen LogP contribution in [0.2, 0.25) is 0 Å². The Labute approximate surface area is 116 Å². The van der Waals surface area contributed by atoms with Crippen LogP contribution in [0.3, 0.4) is 0 Å². The second-order valence-electron chi connectivity index (χ2n) is 4.35. The molecule has 2 heterocycles. The molecule has 20 heavy (non-hydrogen) atoms. The third kappa shape index (κ3) is 2.40. The van der Waals surface area contributed by atoms with Crippen molar-refractivity contribution in [2.75, 3.05) is 6.61 Å². The van der Waals surface area contributed by atoms with Gasteiger partial charge in [0.05, 0.1) is 12.9 Å². The Morgan fingerprint density at radius 1 is 1.45 bits per heavy atom. The van der Waals surface area contributed by atoms with E-state index < -0.39 is 31.1 Å². The summed E-state index contributed by atoms with van der Waals surface area (Å²) in [5, 5.41) is 37.8. The van der Waals surface area contributed by atoms with Crippen molar-refractivity contribution < 1.29 is 20.1 Å². The van der Waals surface area contributed by atoms with Crippen molar-refractivity contribution in [2.45, 2.75) is 37.9 Å². The fraction of sp³-hybridized carbons (Fsp3) is 0.538. The summed E-state index contributed by atoms with van der Waals surface area (Å²) >= 11 is 0. The molecular formula is C13H15N3O4. The highest BCUT2D eigenvalue weighted by atomic mass is 16.6. The summed E-state index contributed by atoms with van der Waals surface area (Å²) < 4.78 is 6.80. The molecule has 4 atom stereocenters. The van der Waals surface area contributed by atoms with Crippen molar-refractivity contribution in [3.05, 3.63) is 17.7 Å². The second-order valence-corrected chi connectivity index (χ2v) is 4.35. The molecule has 3 N–H and O–H groups in total. The largest absolute Gasteiger partial charge is 0.394 e. The van der Waals surface area contributed by atoms with Gasteiger partial charge in [-0.05, 0) is 5.92 Å². The highest BCUT2D eigenvalue weighted by molar-refractivity contribution is 5.40. The van der Waals surface area contributed by atoms with Gasteiger partial charge in [-0.2, -0.15) is 5.26 Å². The van der Waals surface area contributed by atoms with Gasteiger partial charge < -0.3 is 20.1 Å². The molecule has 1 aromatic heterocycles. The van der Waals surface area contributed by atoms with Crippen LogP contribution >= 0.6 is 0 Å². The Morgan fingerprint density at radius 2 is 2.20 bits per heavy atom. The van der Waals surface area contributed by atoms with E-state index in [1.807, 2.05) is 13.0 Å². The molecule has 0 spiro atoms. The molecule has 1 saturated heterocycles. The Hall–Kier alpha value is -1.90. The number of nitrogens with zero attached hydrogens (tertiary/aromatic N) is 3. The van der Waals surface area contributed by atoms with Crippen molar-refractivity contribution in [3.8, 4) is 17.9 Å². The summed E-state index contributed by atoms with van der Waals surface area (Å²) in [4.78, 5) is 3.91. The van der Waals surface area contributed by atoms with E-state index in [1.165, 1.54) is 10.9 Å². The smallest absolute Gasteiger partial charge is 0.174 e. The minimum absolute atomic E-state index is 0.128. The summed E-state index contributed by atoms with van der Waals surface area (Å²) in [5.74, 6) is 5.63. The Morgan fingerprint density at radius 3 is 2.75 bits per heavy atom. The maximum Gasteiger partial charge on any atom is 0.174 e. The molecule has 2 rings (SSSR count). The number of rotatable bonds is 2. The summed E-state index contributed by atoms with van der Waals surface area (Å²) in [6, 6.07) is 1.92. The lowest BCUT2D eigenvalue weighted by molar-refractivity contribution is -0.0531. The maximum atomic E-state index is 9.98. The number of nitriles is 1. The topological polar surface area (TPSA) is 112 Å². The minimum atomic E-state index is -1.23. The van der Waals surface area contributed by atoms with Crippen molar-refractivity contribution in [3.63, 3.8) is 0 Å². The van der Waals surface area contributed by atoms with Crippen LogP contribution in [0.15, 0.2) is 6.33 Å². The number of hydrogen-bond donors (Lipinski definition) is 3. The van der Waals surface area contributed by atoms with Gasteiger partial charge in [0.25, 0.3) is 0 Å². The first-order chi connectivity index (χ1) is 9.63. The predicted molar refractivity (Wildman–Crippen MR) is 67.1 cm³/mol. The third-order valence-corrected chi connectivity index (χ3v) is 3.07. The van der Waals surface area contributed by atoms with Crippen LogP contribution in [0.4, 0.5) is 0 Å². The van der Waals surface area contributed by atoms with E-state index in [4.69, 9.17) is 15.1 Å². The Balaban J connectivity index is 2.39. The fourth-order valence-corrected chi connectivity index (χ4v) is 2.04. The average Bonchev–Trinajstić information content (AvgIpc) is 2.99. The maximum absolute atomic E-state index is 9.98. The Bertz CT molecular complexity index is 581. The van der Waals surface area contributed by atoms with E-state index in [0.717, 1.165) is 0 Å². The molecular weight excluding hydrogens is 262 g/mol. The van der Waals surface area contributed by atoms with Crippen LogP contribution in [-0.2, 0) is 4.74 Å². The van der Waals surface area contributed by atoms with Crippen LogP contribution in [0, 0.1) is 23.2 Å². The first kappa shape index (κ1) is 14.5. The van der Waals surface area contributed by atoms with E-state index in [9.17, 15) is 10.2 Å². The van der Waals surface area contributed by atoms with Gasteiger partial charge in [-0.25, -0.2) is 4.98 Å². The molecule has 1 aliphatic rings. The van der Waals surface area contributed by atoms with E-state index >= 15 is 0 Å². The molecule has 0 aromatic carbocycles. The predicted octanol–water partition coefficient (Wildman–Crippen LogP) is -0.872. The molecule has 0 unspecified atom stereocenters. The monoisotopic (exact) mass is 277 g/mol. The zero-order valence-corrected chi connectivity index (χ0v) is 10.9. The third-order valence-electron chi connectivity index (χ3n) is 3.07. The van der Waals surface area contributed by atoms with Gasteiger partial charge in [-0.3, -0.25) is 4.57 Å². The normalized spacial score (nSPS) is 28.8. The summed E-state index contributed by atoms with van der Waals surface area (Å²) in [6.07, 6.45) is -2.31. The van der Waals surface area contributed by atoms with E-state index in [2.05, 4.69) is 16.8 Å². The zero-order chi connectivity index (χ0) is 14.7. The van der Waals surface area contributed by atoms with Gasteiger partial charge in [0.2, 0.25) is 0 Å². The summed E-state index contributed by atoms with van der Waals surface area (Å²) in [7, 11) is 0. The lowest BCUT2D eigenvalue weighted by Gasteiger charge is -2.17. The van der Waals surface area contributed by atoms with Crippen molar-refractivity contribution >= 4 is 0 Å². The van der Waals surface area contributed by atoms with Gasteiger partial charge in [0.1, 0.15) is 30.1 Å². The number of hydrogen-bond acceptors (Lipinski definition) is 6. The number of aromatic nitrogens is 2. The van der Waals surface area contributed by atoms with E-state index in [1.54, 1.807) is 0 Å². The summed E-state index contributed by atoms with van der Waals surface area (Å²) in [6.45, 7) is 1.46. The molecule has 0 bridgehead atoms. The average molecular weight is 277 g/mol. The molecule has 1 aliphatic heterocycles. The van der Waals surface area contributed by atoms with Gasteiger partial charge in [-0.1, -0.05) is 12.8 Å². The highest BCUT2D eigenvalue weighted by Crippen LogP contribution is 2.30. The molecule has 0 aliphatic carbocycles. The van der Waals surface area contributed by atoms with Crippen LogP contribution in [-0.4, -0.2) is 49.8 Å².